The second-order valence-electron chi connectivity index (χ2n) is 2.72. The van der Waals surface area contributed by atoms with Gasteiger partial charge in [-0.25, -0.2) is 4.98 Å². The molecule has 0 atom stereocenters. The predicted octanol–water partition coefficient (Wildman–Crippen LogP) is -1.13. The van der Waals surface area contributed by atoms with Crippen molar-refractivity contribution < 1.29 is 9.90 Å². The van der Waals surface area contributed by atoms with E-state index in [0.717, 1.165) is 0 Å². The van der Waals surface area contributed by atoms with Gasteiger partial charge in [-0.2, -0.15) is 0 Å². The van der Waals surface area contributed by atoms with Crippen LogP contribution in [0, 0.1) is 0 Å². The van der Waals surface area contributed by atoms with Crippen molar-refractivity contribution in [2.45, 2.75) is 0 Å². The Kier molecular flexibility index (Phi) is 2.70. The van der Waals surface area contributed by atoms with Crippen molar-refractivity contribution in [3.8, 4) is 0 Å². The minimum absolute atomic E-state index is 0.0868. The molecule has 1 heterocycles. The third kappa shape index (κ3) is 2.00. The summed E-state index contributed by atoms with van der Waals surface area (Å²) in [7, 11) is 1.49. The molecule has 0 amide bonds. The maximum atomic E-state index is 11.0. The number of carbonyl (C=O) groups is 1. The van der Waals surface area contributed by atoms with E-state index in [1.807, 2.05) is 0 Å². The minimum atomic E-state index is -1.02. The molecule has 0 aliphatic rings. The first-order valence-corrected chi connectivity index (χ1v) is 3.78. The predicted molar refractivity (Wildman–Crippen MR) is 50.2 cm³/mol. The molecule has 0 fully saturated rings. The molecule has 7 nitrogen and oxygen atoms in total. The van der Waals surface area contributed by atoms with Gasteiger partial charge in [0.15, 0.2) is 5.82 Å². The minimum Gasteiger partial charge on any atom is -0.480 e. The zero-order valence-corrected chi connectivity index (χ0v) is 7.52. The van der Waals surface area contributed by atoms with Crippen LogP contribution in [0.3, 0.4) is 0 Å². The van der Waals surface area contributed by atoms with Crippen LogP contribution in [0.1, 0.15) is 0 Å². The fourth-order valence-corrected chi connectivity index (χ4v) is 0.983. The number of rotatable bonds is 3. The molecule has 0 aliphatic carbocycles. The Bertz CT molecular complexity index is 400. The van der Waals surface area contributed by atoms with Crippen molar-refractivity contribution in [3.63, 3.8) is 0 Å². The first kappa shape index (κ1) is 10.0. The number of nitrogens with zero attached hydrogens (tertiary/aromatic N) is 2. The smallest absolute Gasteiger partial charge is 0.323 e. The highest BCUT2D eigenvalue weighted by Gasteiger charge is 2.11. The molecule has 0 radical (unpaired) electrons. The Morgan fingerprint density at radius 1 is 1.79 bits per heavy atom. The van der Waals surface area contributed by atoms with Gasteiger partial charge < -0.3 is 20.7 Å². The summed E-state index contributed by atoms with van der Waals surface area (Å²) in [5, 5.41) is 8.51. The number of hydrogen-bond donors (Lipinski definition) is 3. The lowest BCUT2D eigenvalue weighted by Crippen LogP contribution is -2.29. The van der Waals surface area contributed by atoms with Crippen molar-refractivity contribution in [3.05, 3.63) is 16.7 Å². The van der Waals surface area contributed by atoms with Gasteiger partial charge in [0.25, 0.3) is 5.56 Å². The highest BCUT2D eigenvalue weighted by atomic mass is 16.4. The van der Waals surface area contributed by atoms with Gasteiger partial charge in [-0.1, -0.05) is 0 Å². The molecule has 0 aliphatic heterocycles. The number of hydrogen-bond acceptors (Lipinski definition) is 5. The van der Waals surface area contributed by atoms with E-state index in [1.54, 1.807) is 0 Å². The van der Waals surface area contributed by atoms with Crippen LogP contribution in [0.2, 0.25) is 0 Å². The molecule has 1 aromatic rings. The van der Waals surface area contributed by atoms with Crippen LogP contribution in [-0.2, 0) is 4.79 Å². The summed E-state index contributed by atoms with van der Waals surface area (Å²) in [5.41, 5.74) is 4.85. The standard InChI is InChI=1S/C7H10N4O3/c1-11(2-4(12)13)6-5(8)7(14)10-3-9-6/h3H,2,8H2,1H3,(H,12,13)(H,9,10,14). The maximum absolute atomic E-state index is 11.0. The highest BCUT2D eigenvalue weighted by molar-refractivity contribution is 5.75. The Morgan fingerprint density at radius 2 is 2.43 bits per heavy atom. The number of carboxylic acids is 1. The number of likely N-dealkylation sites (N-methyl/N-ethyl adjacent to an activating group) is 1. The topological polar surface area (TPSA) is 112 Å². The van der Waals surface area contributed by atoms with E-state index < -0.39 is 11.5 Å². The second-order valence-corrected chi connectivity index (χ2v) is 2.72. The number of nitrogens with one attached hydrogen (secondary N) is 1. The molecule has 0 unspecified atom stereocenters. The molecule has 0 aromatic carbocycles. The number of nitrogens with two attached hydrogens (primary N) is 1. The third-order valence-electron chi connectivity index (χ3n) is 1.60. The van der Waals surface area contributed by atoms with Crippen LogP contribution in [0.5, 0.6) is 0 Å². The Labute approximate surface area is 79.2 Å². The van der Waals surface area contributed by atoms with Crippen LogP contribution < -0.4 is 16.2 Å². The zero-order valence-electron chi connectivity index (χ0n) is 7.52. The van der Waals surface area contributed by atoms with Gasteiger partial charge in [0.2, 0.25) is 0 Å². The largest absolute Gasteiger partial charge is 0.480 e. The lowest BCUT2D eigenvalue weighted by molar-refractivity contribution is -0.135. The molecule has 0 saturated heterocycles. The third-order valence-corrected chi connectivity index (χ3v) is 1.60. The van der Waals surface area contributed by atoms with Gasteiger partial charge in [0, 0.05) is 7.05 Å². The number of aliphatic carboxylic acids is 1. The normalized spacial score (nSPS) is 9.79. The quantitative estimate of drug-likeness (QED) is 0.566. The summed E-state index contributed by atoms with van der Waals surface area (Å²) in [6.45, 7) is -0.263. The average Bonchev–Trinajstić information content (AvgIpc) is 2.08. The summed E-state index contributed by atoms with van der Waals surface area (Å²) < 4.78 is 0. The van der Waals surface area contributed by atoms with E-state index in [0.29, 0.717) is 0 Å². The van der Waals surface area contributed by atoms with Crippen LogP contribution in [0.4, 0.5) is 11.5 Å². The van der Waals surface area contributed by atoms with Crippen LogP contribution >= 0.6 is 0 Å². The molecule has 4 N–H and O–H groups in total. The van der Waals surface area contributed by atoms with Crippen molar-refractivity contribution in [2.75, 3.05) is 24.2 Å². The number of H-pyrrole nitrogens is 1. The summed E-state index contributed by atoms with van der Waals surface area (Å²) in [6.07, 6.45) is 1.17. The summed E-state index contributed by atoms with van der Waals surface area (Å²) in [5.74, 6) is -0.856. The first-order chi connectivity index (χ1) is 6.52. The van der Waals surface area contributed by atoms with E-state index in [4.69, 9.17) is 10.8 Å². The average molecular weight is 198 g/mol. The Balaban J connectivity index is 3.01. The van der Waals surface area contributed by atoms with Gasteiger partial charge in [-0.3, -0.25) is 9.59 Å². The van der Waals surface area contributed by atoms with E-state index in [9.17, 15) is 9.59 Å². The molecule has 0 spiro atoms. The molecule has 0 saturated carbocycles. The summed E-state index contributed by atoms with van der Waals surface area (Å²) in [6, 6.07) is 0. The maximum Gasteiger partial charge on any atom is 0.323 e. The fraction of sp³-hybridized carbons (Fsp3) is 0.286. The van der Waals surface area contributed by atoms with Crippen LogP contribution in [0.15, 0.2) is 11.1 Å². The van der Waals surface area contributed by atoms with Crippen molar-refractivity contribution >= 4 is 17.5 Å². The molecule has 14 heavy (non-hydrogen) atoms. The molecular formula is C7H10N4O3. The van der Waals surface area contributed by atoms with Gasteiger partial charge >= 0.3 is 5.97 Å². The highest BCUT2D eigenvalue weighted by Crippen LogP contribution is 2.11. The van der Waals surface area contributed by atoms with Gasteiger partial charge in [0.05, 0.1) is 6.33 Å². The molecule has 1 rings (SSSR count). The lowest BCUT2D eigenvalue weighted by Gasteiger charge is -2.15. The summed E-state index contributed by atoms with van der Waals surface area (Å²) >= 11 is 0. The number of aromatic nitrogens is 2. The number of aromatic amines is 1. The van der Waals surface area contributed by atoms with E-state index >= 15 is 0 Å². The van der Waals surface area contributed by atoms with Gasteiger partial charge in [0.1, 0.15) is 12.2 Å². The molecule has 7 heteroatoms. The summed E-state index contributed by atoms with van der Waals surface area (Å²) in [4.78, 5) is 28.8. The first-order valence-electron chi connectivity index (χ1n) is 3.78. The van der Waals surface area contributed by atoms with Crippen LogP contribution in [-0.4, -0.2) is 34.6 Å². The zero-order chi connectivity index (χ0) is 10.7. The molecule has 76 valence electrons. The van der Waals surface area contributed by atoms with Gasteiger partial charge in [-0.15, -0.1) is 0 Å². The second kappa shape index (κ2) is 3.77. The van der Waals surface area contributed by atoms with Crippen molar-refractivity contribution in [1.82, 2.24) is 9.97 Å². The van der Waals surface area contributed by atoms with E-state index in [1.165, 1.54) is 18.3 Å². The number of anilines is 2. The van der Waals surface area contributed by atoms with Crippen molar-refractivity contribution in [1.29, 1.82) is 0 Å². The lowest BCUT2D eigenvalue weighted by atomic mass is 10.4. The Morgan fingerprint density at radius 3 is 3.00 bits per heavy atom. The number of carboxylic acid groups (broad SMARTS) is 1. The fourth-order valence-electron chi connectivity index (χ4n) is 0.983. The van der Waals surface area contributed by atoms with Gasteiger partial charge in [-0.05, 0) is 0 Å². The van der Waals surface area contributed by atoms with E-state index in [2.05, 4.69) is 9.97 Å². The molecular weight excluding hydrogens is 188 g/mol. The monoisotopic (exact) mass is 198 g/mol. The van der Waals surface area contributed by atoms with E-state index in [-0.39, 0.29) is 18.1 Å². The molecule has 0 bridgehead atoms. The Hall–Kier alpha value is -2.05. The SMILES string of the molecule is CN(CC(=O)O)c1nc[nH]c(=O)c1N. The van der Waals surface area contributed by atoms with Crippen molar-refractivity contribution in [2.24, 2.45) is 0 Å². The number of nitrogen functional groups attached to an aromatic ring is 1. The van der Waals surface area contributed by atoms with Crippen LogP contribution in [0.25, 0.3) is 0 Å². The molecule has 1 aromatic heterocycles.